The van der Waals surface area contributed by atoms with Crippen molar-refractivity contribution in [1.29, 1.82) is 0 Å². The normalized spacial score (nSPS) is 12.9. The first kappa shape index (κ1) is 36.8. The Balaban J connectivity index is 1.13. The molecule has 1 heteroatoms. The van der Waals surface area contributed by atoms with Crippen LogP contribution in [0.25, 0.3) is 49.7 Å². The Morgan fingerprint density at radius 2 is 0.730 bits per heavy atom. The highest BCUT2D eigenvalue weighted by Gasteiger charge is 2.48. The first-order valence-electron chi connectivity index (χ1n) is 21.9. The molecule has 63 heavy (non-hydrogen) atoms. The largest absolute Gasteiger partial charge is 0.309 e. The quantitative estimate of drug-likeness (QED) is 0.135. The van der Waals surface area contributed by atoms with E-state index in [1.807, 2.05) is 0 Å². The van der Waals surface area contributed by atoms with Gasteiger partial charge in [-0.3, -0.25) is 0 Å². The number of hydrogen-bond acceptors (Lipinski definition) is 0. The number of fused-ring (bicyclic) bond motifs is 6. The monoisotopic (exact) mass is 801 g/mol. The Morgan fingerprint density at radius 3 is 1.30 bits per heavy atom. The highest BCUT2D eigenvalue weighted by Crippen LogP contribution is 2.58. The molecule has 0 N–H and O–H groups in total. The van der Waals surface area contributed by atoms with Gasteiger partial charge in [0.1, 0.15) is 0 Å². The fourth-order valence-corrected chi connectivity index (χ4v) is 11.0. The van der Waals surface area contributed by atoms with Crippen molar-refractivity contribution in [2.45, 2.75) is 10.8 Å². The van der Waals surface area contributed by atoms with E-state index < -0.39 is 10.8 Å². The maximum Gasteiger partial charge on any atom is 0.0713 e. The molecule has 1 aliphatic rings. The third kappa shape index (κ3) is 5.56. The Kier molecular flexibility index (Phi) is 8.69. The van der Waals surface area contributed by atoms with Gasteiger partial charge in [0.2, 0.25) is 0 Å². The molecule has 0 saturated carbocycles. The van der Waals surface area contributed by atoms with Crippen molar-refractivity contribution in [3.05, 3.63) is 305 Å². The van der Waals surface area contributed by atoms with Gasteiger partial charge in [-0.05, 0) is 103 Å². The Labute approximate surface area is 368 Å². The van der Waals surface area contributed by atoms with Crippen LogP contribution in [-0.4, -0.2) is 4.57 Å². The standard InChI is InChI=1S/C62H43N/c1-7-21-46(22-8-1)61(47-23-9-2-10-24-47,48-25-11-3-12-26-48)51-37-39-54-53-38-35-45(42-57(53)62(58(54)43-51,49-27-13-4-14-28-49)50-29-15-5-16-30-50)44-36-40-60-56(41-44)55-33-19-20-34-59(55)63(60)52-31-17-6-18-32-52/h1-43H. The van der Waals surface area contributed by atoms with Gasteiger partial charge >= 0.3 is 0 Å². The van der Waals surface area contributed by atoms with E-state index >= 15 is 0 Å². The Bertz CT molecular complexity index is 3270. The van der Waals surface area contributed by atoms with Crippen LogP contribution in [0.5, 0.6) is 0 Å². The molecule has 1 nitrogen and oxygen atoms in total. The van der Waals surface area contributed by atoms with Crippen molar-refractivity contribution in [3.63, 3.8) is 0 Å². The molecule has 0 aliphatic heterocycles. The lowest BCUT2D eigenvalue weighted by Gasteiger charge is -2.39. The van der Waals surface area contributed by atoms with Crippen molar-refractivity contribution >= 4 is 21.8 Å². The maximum absolute atomic E-state index is 2.55. The van der Waals surface area contributed by atoms with Gasteiger partial charge in [-0.15, -0.1) is 0 Å². The summed E-state index contributed by atoms with van der Waals surface area (Å²) in [5, 5.41) is 2.50. The molecule has 0 fully saturated rings. The van der Waals surface area contributed by atoms with Crippen molar-refractivity contribution in [2.75, 3.05) is 0 Å². The molecule has 0 radical (unpaired) electrons. The summed E-state index contributed by atoms with van der Waals surface area (Å²) in [7, 11) is 0. The lowest BCUT2D eigenvalue weighted by molar-refractivity contribution is 0.729. The number of benzene rings is 10. The second-order valence-corrected chi connectivity index (χ2v) is 16.8. The molecule has 0 spiro atoms. The Hall–Kier alpha value is -8.00. The second-order valence-electron chi connectivity index (χ2n) is 16.8. The number of aromatic nitrogens is 1. The average molecular weight is 802 g/mol. The molecule has 0 bridgehead atoms. The first-order valence-corrected chi connectivity index (χ1v) is 21.9. The topological polar surface area (TPSA) is 4.93 Å². The molecule has 0 saturated heterocycles. The molecule has 1 aromatic heterocycles. The summed E-state index contributed by atoms with van der Waals surface area (Å²) in [5.74, 6) is 0. The van der Waals surface area contributed by atoms with Crippen LogP contribution in [0.2, 0.25) is 0 Å². The Morgan fingerprint density at radius 1 is 0.302 bits per heavy atom. The van der Waals surface area contributed by atoms with Crippen LogP contribution in [0.1, 0.15) is 44.5 Å². The van der Waals surface area contributed by atoms with Crippen LogP contribution >= 0.6 is 0 Å². The molecule has 0 atom stereocenters. The summed E-state index contributed by atoms with van der Waals surface area (Å²) >= 11 is 0. The molecule has 10 aromatic carbocycles. The van der Waals surface area contributed by atoms with Gasteiger partial charge in [-0.25, -0.2) is 0 Å². The van der Waals surface area contributed by atoms with E-state index in [0.717, 1.165) is 5.69 Å². The minimum Gasteiger partial charge on any atom is -0.309 e. The fourth-order valence-electron chi connectivity index (χ4n) is 11.0. The van der Waals surface area contributed by atoms with Crippen LogP contribution in [0, 0.1) is 0 Å². The van der Waals surface area contributed by atoms with Gasteiger partial charge in [0, 0.05) is 16.5 Å². The van der Waals surface area contributed by atoms with E-state index in [0.29, 0.717) is 0 Å². The van der Waals surface area contributed by atoms with E-state index in [9.17, 15) is 0 Å². The minimum atomic E-state index is -0.609. The lowest BCUT2D eigenvalue weighted by Crippen LogP contribution is -2.33. The van der Waals surface area contributed by atoms with Crippen molar-refractivity contribution in [2.24, 2.45) is 0 Å². The van der Waals surface area contributed by atoms with Crippen molar-refractivity contribution in [3.8, 4) is 27.9 Å². The van der Waals surface area contributed by atoms with Crippen LogP contribution in [0.4, 0.5) is 0 Å². The third-order valence-corrected chi connectivity index (χ3v) is 13.6. The maximum atomic E-state index is 2.55. The predicted octanol–water partition coefficient (Wildman–Crippen LogP) is 15.2. The molecule has 1 aliphatic carbocycles. The smallest absolute Gasteiger partial charge is 0.0713 e. The average Bonchev–Trinajstić information content (AvgIpc) is 3.86. The van der Waals surface area contributed by atoms with Gasteiger partial charge < -0.3 is 4.57 Å². The predicted molar refractivity (Wildman–Crippen MR) is 262 cm³/mol. The highest BCUT2D eigenvalue weighted by atomic mass is 15.0. The van der Waals surface area contributed by atoms with Crippen LogP contribution in [0.15, 0.2) is 261 Å². The summed E-state index contributed by atoms with van der Waals surface area (Å²) in [4.78, 5) is 0. The molecule has 1 heterocycles. The SMILES string of the molecule is c1ccc(-n2c3ccccc3c3cc(-c4ccc5c(c4)C(c4ccccc4)(c4ccccc4)c4cc(C(c6ccccc6)(c6ccccc6)c6ccccc6)ccc4-5)ccc32)cc1. The number of rotatable bonds is 8. The van der Waals surface area contributed by atoms with Crippen LogP contribution < -0.4 is 0 Å². The highest BCUT2D eigenvalue weighted by molar-refractivity contribution is 6.10. The van der Waals surface area contributed by atoms with Crippen LogP contribution in [0.3, 0.4) is 0 Å². The molecule has 12 rings (SSSR count). The minimum absolute atomic E-state index is 0.591. The molecule has 11 aromatic rings. The molecular weight excluding hydrogens is 759 g/mol. The first-order chi connectivity index (χ1) is 31.3. The van der Waals surface area contributed by atoms with E-state index in [-0.39, 0.29) is 0 Å². The second kappa shape index (κ2) is 14.9. The summed E-state index contributed by atoms with van der Waals surface area (Å²) < 4.78 is 2.39. The van der Waals surface area contributed by atoms with E-state index in [4.69, 9.17) is 0 Å². The van der Waals surface area contributed by atoms with E-state index in [1.54, 1.807) is 0 Å². The summed E-state index contributed by atoms with van der Waals surface area (Å²) in [6.07, 6.45) is 0. The number of hydrogen-bond donors (Lipinski definition) is 0. The molecule has 0 unspecified atom stereocenters. The summed E-state index contributed by atoms with van der Waals surface area (Å²) in [6, 6.07) is 96.6. The third-order valence-electron chi connectivity index (χ3n) is 13.6. The van der Waals surface area contributed by atoms with E-state index in [1.165, 1.54) is 88.6 Å². The van der Waals surface area contributed by atoms with Crippen LogP contribution in [-0.2, 0) is 10.8 Å². The van der Waals surface area contributed by atoms with Gasteiger partial charge in [0.25, 0.3) is 0 Å². The van der Waals surface area contributed by atoms with E-state index in [2.05, 4.69) is 265 Å². The van der Waals surface area contributed by atoms with Crippen molar-refractivity contribution < 1.29 is 0 Å². The lowest BCUT2D eigenvalue weighted by atomic mass is 9.63. The number of nitrogens with zero attached hydrogens (tertiary/aromatic N) is 1. The van der Waals surface area contributed by atoms with Gasteiger partial charge in [0.15, 0.2) is 0 Å². The molecular formula is C62H43N. The van der Waals surface area contributed by atoms with Gasteiger partial charge in [-0.2, -0.15) is 0 Å². The zero-order valence-corrected chi connectivity index (χ0v) is 34.8. The van der Waals surface area contributed by atoms with Gasteiger partial charge in [-0.1, -0.05) is 224 Å². The molecule has 296 valence electrons. The van der Waals surface area contributed by atoms with Gasteiger partial charge in [0.05, 0.1) is 21.9 Å². The zero-order chi connectivity index (χ0) is 41.8. The summed E-state index contributed by atoms with van der Waals surface area (Å²) in [5.41, 5.74) is 17.3. The number of para-hydroxylation sites is 2. The summed E-state index contributed by atoms with van der Waals surface area (Å²) in [6.45, 7) is 0. The fraction of sp³-hybridized carbons (Fsp3) is 0.0323. The van der Waals surface area contributed by atoms with Crippen molar-refractivity contribution in [1.82, 2.24) is 4.57 Å². The molecule has 0 amide bonds. The zero-order valence-electron chi connectivity index (χ0n) is 34.8.